The zero-order valence-corrected chi connectivity index (χ0v) is 21.2. The second-order valence-corrected chi connectivity index (χ2v) is 9.72. The Balaban J connectivity index is 1.43. The van der Waals surface area contributed by atoms with Crippen molar-refractivity contribution in [2.75, 3.05) is 0 Å². The van der Waals surface area contributed by atoms with Crippen molar-refractivity contribution in [2.24, 2.45) is 5.41 Å². The minimum atomic E-state index is -1.56. The molecule has 0 unspecified atom stereocenters. The van der Waals surface area contributed by atoms with Gasteiger partial charge in [0.1, 0.15) is 13.2 Å². The quantitative estimate of drug-likeness (QED) is 0.247. The minimum Gasteiger partial charge on any atom is -0.460 e. The smallest absolute Gasteiger partial charge is 0.324 e. The molecule has 0 fully saturated rings. The van der Waals surface area contributed by atoms with Crippen LogP contribution in [0.25, 0.3) is 0 Å². The second kappa shape index (κ2) is 10.9. The maximum absolute atomic E-state index is 13.6. The molecule has 6 nitrogen and oxygen atoms in total. The third-order valence-corrected chi connectivity index (χ3v) is 7.15. The minimum absolute atomic E-state index is 0.0432. The van der Waals surface area contributed by atoms with Crippen molar-refractivity contribution < 1.29 is 19.1 Å². The summed E-state index contributed by atoms with van der Waals surface area (Å²) >= 11 is 0. The van der Waals surface area contributed by atoms with Crippen LogP contribution in [0.1, 0.15) is 40.8 Å². The van der Waals surface area contributed by atoms with Crippen LogP contribution in [0.15, 0.2) is 108 Å². The standard InChI is InChI=1S/C32H29NO5/c1-23(26-15-9-4-10-16-26)33-20-28-19-32(18-27(28)17-29(33)34,30(35)37-21-24-11-5-2-6-12-24)31(36)38-22-25-13-7-3-8-14-25/h2-17,20,23H,18-19,21-22H2,1H3/t23-/m0/s1. The number of benzene rings is 3. The first kappa shape index (κ1) is 25.2. The summed E-state index contributed by atoms with van der Waals surface area (Å²) in [4.78, 5) is 40.3. The molecule has 0 amide bonds. The maximum Gasteiger partial charge on any atom is 0.324 e. The SMILES string of the molecule is C[C@@H](c1ccccc1)n1cc2c(cc1=O)CC(C(=O)OCc1ccccc1)(C(=O)OCc1ccccc1)C2. The summed E-state index contributed by atoms with van der Waals surface area (Å²) in [5.41, 5.74) is 2.31. The normalized spacial score (nSPS) is 14.3. The summed E-state index contributed by atoms with van der Waals surface area (Å²) in [5, 5.41) is 0. The van der Waals surface area contributed by atoms with E-state index < -0.39 is 17.4 Å². The molecule has 0 saturated carbocycles. The zero-order chi connectivity index (χ0) is 26.5. The van der Waals surface area contributed by atoms with Crippen molar-refractivity contribution in [2.45, 2.75) is 39.0 Å². The van der Waals surface area contributed by atoms with Gasteiger partial charge in [0.15, 0.2) is 5.41 Å². The van der Waals surface area contributed by atoms with Gasteiger partial charge in [0.05, 0.1) is 6.04 Å². The van der Waals surface area contributed by atoms with Crippen LogP contribution < -0.4 is 5.56 Å². The number of hydrogen-bond acceptors (Lipinski definition) is 5. The van der Waals surface area contributed by atoms with Gasteiger partial charge >= 0.3 is 11.9 Å². The Bertz CT molecular complexity index is 1420. The van der Waals surface area contributed by atoms with E-state index in [2.05, 4.69) is 0 Å². The van der Waals surface area contributed by atoms with E-state index in [-0.39, 0.29) is 37.7 Å². The van der Waals surface area contributed by atoms with Crippen molar-refractivity contribution in [3.05, 3.63) is 141 Å². The third-order valence-electron chi connectivity index (χ3n) is 7.15. The fourth-order valence-corrected chi connectivity index (χ4v) is 4.96. The zero-order valence-electron chi connectivity index (χ0n) is 21.2. The van der Waals surface area contributed by atoms with E-state index in [1.807, 2.05) is 97.9 Å². The average Bonchev–Trinajstić information content (AvgIpc) is 3.35. The molecule has 0 bridgehead atoms. The van der Waals surface area contributed by atoms with Crippen LogP contribution in [0.3, 0.4) is 0 Å². The number of carbonyl (C=O) groups excluding carboxylic acids is 2. The van der Waals surface area contributed by atoms with Gasteiger partial charge in [-0.1, -0.05) is 91.0 Å². The summed E-state index contributed by atoms with van der Waals surface area (Å²) in [6, 6.07) is 29.7. The first-order chi connectivity index (χ1) is 18.5. The second-order valence-electron chi connectivity index (χ2n) is 9.72. The van der Waals surface area contributed by atoms with Crippen LogP contribution in [0.2, 0.25) is 0 Å². The Kier molecular flexibility index (Phi) is 7.22. The Morgan fingerprint density at radius 1 is 0.763 bits per heavy atom. The molecule has 0 radical (unpaired) electrons. The van der Waals surface area contributed by atoms with Crippen molar-refractivity contribution in [1.29, 1.82) is 0 Å². The van der Waals surface area contributed by atoms with Crippen LogP contribution >= 0.6 is 0 Å². The van der Waals surface area contributed by atoms with Gasteiger partial charge < -0.3 is 14.0 Å². The van der Waals surface area contributed by atoms with Crippen LogP contribution in [-0.2, 0) is 45.1 Å². The van der Waals surface area contributed by atoms with Gasteiger partial charge in [-0.2, -0.15) is 0 Å². The highest BCUT2D eigenvalue weighted by Crippen LogP contribution is 2.40. The highest BCUT2D eigenvalue weighted by molar-refractivity contribution is 6.01. The van der Waals surface area contributed by atoms with E-state index in [0.717, 1.165) is 22.3 Å². The van der Waals surface area contributed by atoms with E-state index in [9.17, 15) is 14.4 Å². The number of aromatic nitrogens is 1. The molecule has 192 valence electrons. The number of hydrogen-bond donors (Lipinski definition) is 0. The van der Waals surface area contributed by atoms with Crippen molar-refractivity contribution >= 4 is 11.9 Å². The third kappa shape index (κ3) is 5.16. The Morgan fingerprint density at radius 2 is 1.24 bits per heavy atom. The molecule has 0 aliphatic heterocycles. The maximum atomic E-state index is 13.6. The van der Waals surface area contributed by atoms with E-state index in [4.69, 9.17) is 9.47 Å². The first-order valence-electron chi connectivity index (χ1n) is 12.7. The fraction of sp³-hybridized carbons (Fsp3) is 0.219. The lowest BCUT2D eigenvalue weighted by atomic mass is 9.84. The number of rotatable bonds is 8. The van der Waals surface area contributed by atoms with Crippen molar-refractivity contribution in [3.8, 4) is 0 Å². The molecule has 1 aliphatic carbocycles. The topological polar surface area (TPSA) is 74.6 Å². The lowest BCUT2D eigenvalue weighted by Crippen LogP contribution is -2.42. The van der Waals surface area contributed by atoms with E-state index in [1.165, 1.54) is 6.07 Å². The molecule has 4 aromatic rings. The molecule has 1 atom stereocenters. The number of pyridine rings is 1. The van der Waals surface area contributed by atoms with Gasteiger partial charge in [-0.15, -0.1) is 0 Å². The molecule has 0 saturated heterocycles. The molecule has 1 heterocycles. The number of carbonyl (C=O) groups is 2. The monoisotopic (exact) mass is 507 g/mol. The highest BCUT2D eigenvalue weighted by Gasteiger charge is 2.53. The van der Waals surface area contributed by atoms with Gasteiger partial charge in [-0.25, -0.2) is 0 Å². The molecule has 1 aromatic heterocycles. The summed E-state index contributed by atoms with van der Waals surface area (Å²) < 4.78 is 13.0. The molecule has 6 heteroatoms. The van der Waals surface area contributed by atoms with Crippen LogP contribution in [0.4, 0.5) is 0 Å². The van der Waals surface area contributed by atoms with E-state index in [0.29, 0.717) is 5.56 Å². The summed E-state index contributed by atoms with van der Waals surface area (Å²) in [5.74, 6) is -1.29. The first-order valence-corrected chi connectivity index (χ1v) is 12.7. The van der Waals surface area contributed by atoms with Crippen LogP contribution in [0, 0.1) is 5.41 Å². The molecule has 38 heavy (non-hydrogen) atoms. The van der Waals surface area contributed by atoms with Gasteiger partial charge in [-0.3, -0.25) is 14.4 Å². The molecule has 3 aromatic carbocycles. The summed E-state index contributed by atoms with van der Waals surface area (Å²) in [7, 11) is 0. The van der Waals surface area contributed by atoms with Gasteiger partial charge in [-0.05, 0) is 34.7 Å². The molecular formula is C32H29NO5. The number of fused-ring (bicyclic) bond motifs is 1. The Hall–Kier alpha value is -4.45. The molecule has 1 aliphatic rings. The predicted octanol–water partition coefficient (Wildman–Crippen LogP) is 5.03. The molecule has 0 spiro atoms. The fourth-order valence-electron chi connectivity index (χ4n) is 4.96. The average molecular weight is 508 g/mol. The number of esters is 2. The van der Waals surface area contributed by atoms with Crippen LogP contribution in [0.5, 0.6) is 0 Å². The van der Waals surface area contributed by atoms with E-state index >= 15 is 0 Å². The van der Waals surface area contributed by atoms with Gasteiger partial charge in [0.2, 0.25) is 0 Å². The summed E-state index contributed by atoms with van der Waals surface area (Å²) in [6.45, 7) is 2.04. The molecule has 0 N–H and O–H groups in total. The number of nitrogens with zero attached hydrogens (tertiary/aromatic N) is 1. The van der Waals surface area contributed by atoms with Gasteiger partial charge in [0.25, 0.3) is 5.56 Å². The van der Waals surface area contributed by atoms with Gasteiger partial charge in [0, 0.05) is 25.1 Å². The highest BCUT2D eigenvalue weighted by atomic mass is 16.6. The predicted molar refractivity (Wildman–Crippen MR) is 143 cm³/mol. The summed E-state index contributed by atoms with van der Waals surface area (Å²) in [6.07, 6.45) is 1.93. The van der Waals surface area contributed by atoms with E-state index in [1.54, 1.807) is 10.8 Å². The Morgan fingerprint density at radius 3 is 1.76 bits per heavy atom. The van der Waals surface area contributed by atoms with Crippen molar-refractivity contribution in [3.63, 3.8) is 0 Å². The van der Waals surface area contributed by atoms with Crippen LogP contribution in [-0.4, -0.2) is 16.5 Å². The Labute approximate surface area is 221 Å². The lowest BCUT2D eigenvalue weighted by Gasteiger charge is -2.24. The number of ether oxygens (including phenoxy) is 2. The molecular weight excluding hydrogens is 478 g/mol. The molecule has 5 rings (SSSR count). The van der Waals surface area contributed by atoms with Crippen molar-refractivity contribution in [1.82, 2.24) is 4.57 Å². The lowest BCUT2D eigenvalue weighted by molar-refractivity contribution is -0.173. The largest absolute Gasteiger partial charge is 0.460 e.